The normalized spacial score (nSPS) is 30.6. The van der Waals surface area contributed by atoms with Gasteiger partial charge in [-0.2, -0.15) is 0 Å². The fourth-order valence-electron chi connectivity index (χ4n) is 5.69. The number of hydrogen-bond donors (Lipinski definition) is 2. The molecule has 4 aliphatic carbocycles. The van der Waals surface area contributed by atoms with E-state index in [9.17, 15) is 9.59 Å². The first-order chi connectivity index (χ1) is 13.0. The summed E-state index contributed by atoms with van der Waals surface area (Å²) in [5.74, 6) is 1.90. The molecule has 0 unspecified atom stereocenters. The summed E-state index contributed by atoms with van der Waals surface area (Å²) in [4.78, 5) is 24.7. The van der Waals surface area contributed by atoms with Crippen LogP contribution >= 0.6 is 12.2 Å². The minimum atomic E-state index is -0.346. The fraction of sp³-hybridized carbons (Fsp3) is 0.571. The van der Waals surface area contributed by atoms with Crippen molar-refractivity contribution in [3.63, 3.8) is 0 Å². The second-order valence-corrected chi connectivity index (χ2v) is 8.81. The van der Waals surface area contributed by atoms with Crippen LogP contribution in [0.25, 0.3) is 0 Å². The van der Waals surface area contributed by atoms with E-state index < -0.39 is 0 Å². The van der Waals surface area contributed by atoms with Crippen LogP contribution in [0.1, 0.15) is 55.8 Å². The molecule has 0 aliphatic heterocycles. The smallest absolute Gasteiger partial charge is 0.338 e. The van der Waals surface area contributed by atoms with Gasteiger partial charge in [0.2, 0.25) is 5.91 Å². The van der Waals surface area contributed by atoms with E-state index in [-0.39, 0.29) is 17.3 Å². The number of anilines is 1. The van der Waals surface area contributed by atoms with E-state index >= 15 is 0 Å². The number of esters is 1. The summed E-state index contributed by atoms with van der Waals surface area (Å²) in [6.45, 7) is 2.12. The number of nitrogens with one attached hydrogen (secondary N) is 2. The Bertz CT molecular complexity index is 724. The second kappa shape index (κ2) is 7.23. The molecule has 0 aromatic heterocycles. The Balaban J connectivity index is 1.35. The van der Waals surface area contributed by atoms with Crippen LogP contribution in [0.5, 0.6) is 0 Å². The van der Waals surface area contributed by atoms with Crippen molar-refractivity contribution in [1.29, 1.82) is 0 Å². The van der Waals surface area contributed by atoms with E-state index in [4.69, 9.17) is 17.0 Å². The van der Waals surface area contributed by atoms with E-state index in [0.717, 1.165) is 42.7 Å². The number of hydrogen-bond acceptors (Lipinski definition) is 4. The van der Waals surface area contributed by atoms with Gasteiger partial charge in [-0.25, -0.2) is 4.79 Å². The lowest BCUT2D eigenvalue weighted by Crippen LogP contribution is -2.55. The van der Waals surface area contributed by atoms with Crippen LogP contribution in [0.3, 0.4) is 0 Å². The minimum Gasteiger partial charge on any atom is -0.462 e. The van der Waals surface area contributed by atoms with Crippen molar-refractivity contribution in [2.75, 3.05) is 11.9 Å². The fourth-order valence-corrected chi connectivity index (χ4v) is 5.90. The van der Waals surface area contributed by atoms with Crippen molar-refractivity contribution in [2.24, 2.45) is 23.2 Å². The van der Waals surface area contributed by atoms with Gasteiger partial charge in [-0.15, -0.1) is 0 Å². The van der Waals surface area contributed by atoms with Gasteiger partial charge in [0.05, 0.1) is 17.6 Å². The van der Waals surface area contributed by atoms with Gasteiger partial charge in [0.1, 0.15) is 0 Å². The van der Waals surface area contributed by atoms with Crippen LogP contribution in [-0.2, 0) is 9.53 Å². The highest BCUT2D eigenvalue weighted by Gasteiger charge is 2.54. The first-order valence-corrected chi connectivity index (χ1v) is 10.3. The number of amides is 1. The first-order valence-electron chi connectivity index (χ1n) is 9.87. The molecule has 5 rings (SSSR count). The Hall–Kier alpha value is -1.95. The summed E-state index contributed by atoms with van der Waals surface area (Å²) in [6.07, 6.45) is 6.97. The summed E-state index contributed by atoms with van der Waals surface area (Å²) in [5, 5.41) is 6.30. The van der Waals surface area contributed by atoms with Crippen LogP contribution in [0.2, 0.25) is 0 Å². The maximum absolute atomic E-state index is 13.0. The predicted octanol–water partition coefficient (Wildman–Crippen LogP) is 3.89. The zero-order valence-electron chi connectivity index (χ0n) is 15.6. The maximum atomic E-state index is 13.0. The van der Waals surface area contributed by atoms with Gasteiger partial charge in [0.15, 0.2) is 5.11 Å². The highest BCUT2D eigenvalue weighted by atomic mass is 32.1. The molecule has 6 heteroatoms. The Labute approximate surface area is 165 Å². The van der Waals surface area contributed by atoms with Crippen molar-refractivity contribution in [1.82, 2.24) is 5.32 Å². The van der Waals surface area contributed by atoms with E-state index in [1.165, 1.54) is 19.3 Å². The van der Waals surface area contributed by atoms with E-state index in [1.54, 1.807) is 31.2 Å². The molecular weight excluding hydrogens is 360 g/mol. The molecule has 1 aromatic rings. The molecule has 27 heavy (non-hydrogen) atoms. The van der Waals surface area contributed by atoms with Crippen LogP contribution in [-0.4, -0.2) is 23.6 Å². The standard InChI is InChI=1S/C21H26N2O3S/c1-2-26-18(24)16-3-5-17(6-4-16)22-20(27)23-19(25)21-10-13-7-14(11-21)9-15(8-13)12-21/h3-6,13-15H,2,7-12H2,1H3,(H2,22,23,25,27). The Morgan fingerprint density at radius 2 is 1.63 bits per heavy atom. The van der Waals surface area contributed by atoms with Crippen molar-refractivity contribution in [3.8, 4) is 0 Å². The molecule has 4 aliphatic rings. The van der Waals surface area contributed by atoms with E-state index in [2.05, 4.69) is 10.6 Å². The van der Waals surface area contributed by atoms with E-state index in [0.29, 0.717) is 17.3 Å². The predicted molar refractivity (Wildman–Crippen MR) is 107 cm³/mol. The van der Waals surface area contributed by atoms with Crippen molar-refractivity contribution < 1.29 is 14.3 Å². The quantitative estimate of drug-likeness (QED) is 0.607. The van der Waals surface area contributed by atoms with Gasteiger partial charge < -0.3 is 15.4 Å². The van der Waals surface area contributed by atoms with Crippen LogP contribution < -0.4 is 10.6 Å². The van der Waals surface area contributed by atoms with Crippen LogP contribution in [0, 0.1) is 23.2 Å². The molecule has 1 amide bonds. The molecule has 2 N–H and O–H groups in total. The molecule has 5 nitrogen and oxygen atoms in total. The van der Waals surface area contributed by atoms with Crippen molar-refractivity contribution >= 4 is 34.9 Å². The minimum absolute atomic E-state index is 0.0854. The molecule has 144 valence electrons. The molecule has 4 fully saturated rings. The second-order valence-electron chi connectivity index (χ2n) is 8.40. The zero-order chi connectivity index (χ0) is 19.0. The monoisotopic (exact) mass is 386 g/mol. The first kappa shape index (κ1) is 18.4. The summed E-state index contributed by atoms with van der Waals surface area (Å²) in [7, 11) is 0. The highest BCUT2D eigenvalue weighted by Crippen LogP contribution is 2.60. The average molecular weight is 387 g/mol. The summed E-state index contributed by atoms with van der Waals surface area (Å²) in [6, 6.07) is 6.89. The van der Waals surface area contributed by atoms with Crippen molar-refractivity contribution in [2.45, 2.75) is 45.4 Å². The van der Waals surface area contributed by atoms with Gasteiger partial charge in [0.25, 0.3) is 0 Å². The lowest BCUT2D eigenvalue weighted by molar-refractivity contribution is -0.144. The molecule has 0 radical (unpaired) electrons. The van der Waals surface area contributed by atoms with Crippen molar-refractivity contribution in [3.05, 3.63) is 29.8 Å². The third kappa shape index (κ3) is 3.72. The molecule has 0 heterocycles. The van der Waals surface area contributed by atoms with Gasteiger partial charge in [0, 0.05) is 5.69 Å². The molecule has 0 spiro atoms. The van der Waals surface area contributed by atoms with Crippen LogP contribution in [0.4, 0.5) is 5.69 Å². The van der Waals surface area contributed by atoms with Crippen LogP contribution in [0.15, 0.2) is 24.3 Å². The zero-order valence-corrected chi connectivity index (χ0v) is 16.4. The number of carbonyl (C=O) groups excluding carboxylic acids is 2. The number of ether oxygens (including phenoxy) is 1. The van der Waals surface area contributed by atoms with Gasteiger partial charge in [-0.05, 0) is 99.7 Å². The largest absolute Gasteiger partial charge is 0.462 e. The van der Waals surface area contributed by atoms with Gasteiger partial charge >= 0.3 is 5.97 Å². The summed E-state index contributed by atoms with van der Waals surface area (Å²) in [5.41, 5.74) is 1.01. The SMILES string of the molecule is CCOC(=O)c1ccc(NC(=S)NC(=O)C23CC4CC(CC(C4)C2)C3)cc1. The molecule has 4 saturated carbocycles. The Morgan fingerprint density at radius 1 is 1.07 bits per heavy atom. The summed E-state index contributed by atoms with van der Waals surface area (Å²) >= 11 is 5.36. The lowest BCUT2D eigenvalue weighted by Gasteiger charge is -2.55. The third-order valence-corrected chi connectivity index (χ3v) is 6.60. The van der Waals surface area contributed by atoms with Gasteiger partial charge in [-0.1, -0.05) is 0 Å². The molecular formula is C21H26N2O3S. The number of rotatable bonds is 4. The van der Waals surface area contributed by atoms with E-state index in [1.807, 2.05) is 0 Å². The molecule has 1 aromatic carbocycles. The Kier molecular flexibility index (Phi) is 4.93. The molecule has 4 bridgehead atoms. The third-order valence-electron chi connectivity index (χ3n) is 6.40. The summed E-state index contributed by atoms with van der Waals surface area (Å²) < 4.78 is 4.98. The molecule has 0 atom stereocenters. The topological polar surface area (TPSA) is 67.4 Å². The number of thiocarbonyl (C=S) groups is 1. The average Bonchev–Trinajstić information content (AvgIpc) is 2.61. The lowest BCUT2D eigenvalue weighted by atomic mass is 9.49. The number of benzene rings is 1. The number of carbonyl (C=O) groups is 2. The van der Waals surface area contributed by atoms with Gasteiger partial charge in [-0.3, -0.25) is 4.79 Å². The highest BCUT2D eigenvalue weighted by molar-refractivity contribution is 7.80. The Morgan fingerprint density at radius 3 is 2.15 bits per heavy atom. The maximum Gasteiger partial charge on any atom is 0.338 e. The molecule has 0 saturated heterocycles.